The van der Waals surface area contributed by atoms with E-state index in [0.717, 1.165) is 11.6 Å². The Bertz CT molecular complexity index is 510. The monoisotopic (exact) mass is 287 g/mol. The van der Waals surface area contributed by atoms with Crippen molar-refractivity contribution in [2.75, 3.05) is 18.0 Å². The maximum absolute atomic E-state index is 12.5. The van der Waals surface area contributed by atoms with Gasteiger partial charge in [-0.3, -0.25) is 0 Å². The summed E-state index contributed by atoms with van der Waals surface area (Å²) < 4.78 is 37.6. The summed E-state index contributed by atoms with van der Waals surface area (Å²) in [7, 11) is 0. The van der Waals surface area contributed by atoms with Crippen LogP contribution in [-0.4, -0.2) is 30.3 Å². The second kappa shape index (κ2) is 6.45. The van der Waals surface area contributed by atoms with E-state index in [1.165, 1.54) is 11.0 Å². The minimum absolute atomic E-state index is 0.177. The van der Waals surface area contributed by atoms with Crippen LogP contribution >= 0.6 is 0 Å². The summed E-state index contributed by atoms with van der Waals surface area (Å²) in [5.74, 6) is -1.14. The normalized spacial score (nSPS) is 11.8. The largest absolute Gasteiger partial charge is 0.478 e. The molecule has 1 aromatic carbocycles. The summed E-state index contributed by atoms with van der Waals surface area (Å²) in [6.07, 6.45) is -2.09. The van der Waals surface area contributed by atoms with E-state index in [1.54, 1.807) is 32.0 Å². The van der Waals surface area contributed by atoms with Gasteiger partial charge in [0.15, 0.2) is 0 Å². The second-order valence-electron chi connectivity index (χ2n) is 4.36. The van der Waals surface area contributed by atoms with Gasteiger partial charge in [0.05, 0.1) is 0 Å². The van der Waals surface area contributed by atoms with Gasteiger partial charge >= 0.3 is 12.1 Å². The summed E-state index contributed by atoms with van der Waals surface area (Å²) in [6.45, 7) is 2.52. The highest BCUT2D eigenvalue weighted by Crippen LogP contribution is 2.27. The van der Waals surface area contributed by atoms with Crippen molar-refractivity contribution in [3.8, 4) is 0 Å². The number of nitrogens with zero attached hydrogens (tertiary/aromatic N) is 1. The number of carboxylic acids is 1. The zero-order valence-electron chi connectivity index (χ0n) is 11.2. The van der Waals surface area contributed by atoms with E-state index in [0.29, 0.717) is 11.3 Å². The van der Waals surface area contributed by atoms with Crippen molar-refractivity contribution in [2.24, 2.45) is 0 Å². The van der Waals surface area contributed by atoms with Crippen LogP contribution in [0, 0.1) is 6.92 Å². The van der Waals surface area contributed by atoms with Crippen LogP contribution in [0.4, 0.5) is 18.9 Å². The molecule has 20 heavy (non-hydrogen) atoms. The van der Waals surface area contributed by atoms with Gasteiger partial charge in [-0.1, -0.05) is 11.6 Å². The van der Waals surface area contributed by atoms with Crippen LogP contribution in [0.5, 0.6) is 0 Å². The minimum atomic E-state index is -4.31. The zero-order valence-corrected chi connectivity index (χ0v) is 11.2. The van der Waals surface area contributed by atoms with Gasteiger partial charge in [0.2, 0.25) is 0 Å². The predicted octanol–water partition coefficient (Wildman–Crippen LogP) is 3.48. The minimum Gasteiger partial charge on any atom is -0.478 e. The van der Waals surface area contributed by atoms with Crippen molar-refractivity contribution in [3.63, 3.8) is 0 Å². The van der Waals surface area contributed by atoms with E-state index in [4.69, 9.17) is 5.11 Å². The highest BCUT2D eigenvalue weighted by Gasteiger charge is 2.30. The maximum atomic E-state index is 12.5. The Morgan fingerprint density at radius 3 is 2.55 bits per heavy atom. The molecule has 0 saturated heterocycles. The molecular formula is C14H16F3NO2. The van der Waals surface area contributed by atoms with Crippen molar-refractivity contribution < 1.29 is 23.1 Å². The number of alkyl halides is 3. The molecule has 1 rings (SSSR count). The Hall–Kier alpha value is -1.98. The number of carboxylic acid groups (broad SMARTS) is 1. The fourth-order valence-corrected chi connectivity index (χ4v) is 1.84. The predicted molar refractivity (Wildman–Crippen MR) is 71.8 cm³/mol. The molecule has 0 fully saturated rings. The standard InChI is InChI=1S/C14H16F3NO2/c1-3-18(9-14(15,16)17)12-6-4-10(2)8-11(12)5-7-13(19)20/h4-8H,3,9H2,1-2H3,(H,19,20)/b7-5+. The van der Waals surface area contributed by atoms with E-state index in [-0.39, 0.29) is 6.54 Å². The molecule has 0 aromatic heterocycles. The van der Waals surface area contributed by atoms with E-state index in [2.05, 4.69) is 0 Å². The lowest BCUT2D eigenvalue weighted by atomic mass is 10.1. The van der Waals surface area contributed by atoms with Gasteiger partial charge in [0.1, 0.15) is 6.54 Å². The Kier molecular flexibility index (Phi) is 5.19. The third kappa shape index (κ3) is 4.95. The number of anilines is 1. The SMILES string of the molecule is CCN(CC(F)(F)F)c1ccc(C)cc1/C=C/C(=O)O. The summed E-state index contributed by atoms with van der Waals surface area (Å²) >= 11 is 0. The van der Waals surface area contributed by atoms with Crippen molar-refractivity contribution >= 4 is 17.7 Å². The zero-order chi connectivity index (χ0) is 15.3. The molecule has 0 aliphatic heterocycles. The van der Waals surface area contributed by atoms with Gasteiger partial charge < -0.3 is 10.0 Å². The summed E-state index contributed by atoms with van der Waals surface area (Å²) in [4.78, 5) is 11.7. The number of hydrogen-bond donors (Lipinski definition) is 1. The number of benzene rings is 1. The van der Waals surface area contributed by atoms with E-state index >= 15 is 0 Å². The highest BCUT2D eigenvalue weighted by atomic mass is 19.4. The van der Waals surface area contributed by atoms with E-state index in [9.17, 15) is 18.0 Å². The summed E-state index contributed by atoms with van der Waals surface area (Å²) in [6, 6.07) is 4.94. The molecule has 1 N–H and O–H groups in total. The molecule has 3 nitrogen and oxygen atoms in total. The molecule has 0 bridgehead atoms. The van der Waals surface area contributed by atoms with Crippen molar-refractivity contribution in [2.45, 2.75) is 20.0 Å². The third-order valence-corrected chi connectivity index (χ3v) is 2.68. The number of hydrogen-bond acceptors (Lipinski definition) is 2. The number of rotatable bonds is 5. The van der Waals surface area contributed by atoms with Gasteiger partial charge in [-0.25, -0.2) is 4.79 Å². The molecule has 1 aromatic rings. The van der Waals surface area contributed by atoms with Gasteiger partial charge in [0, 0.05) is 18.3 Å². The average Bonchev–Trinajstić information content (AvgIpc) is 2.32. The number of carbonyl (C=O) groups is 1. The first kappa shape index (κ1) is 16.1. The lowest BCUT2D eigenvalue weighted by Gasteiger charge is -2.26. The van der Waals surface area contributed by atoms with Crippen LogP contribution in [0.25, 0.3) is 6.08 Å². The lowest BCUT2D eigenvalue weighted by Crippen LogP contribution is -2.34. The molecule has 0 amide bonds. The Balaban J connectivity index is 3.17. The first-order chi connectivity index (χ1) is 9.23. The first-order valence-electron chi connectivity index (χ1n) is 6.06. The Morgan fingerprint density at radius 1 is 1.40 bits per heavy atom. The smallest absolute Gasteiger partial charge is 0.405 e. The topological polar surface area (TPSA) is 40.5 Å². The average molecular weight is 287 g/mol. The summed E-state index contributed by atoms with van der Waals surface area (Å²) in [5, 5.41) is 8.64. The molecule has 6 heteroatoms. The number of halogens is 3. The van der Waals surface area contributed by atoms with Crippen LogP contribution < -0.4 is 4.90 Å². The first-order valence-corrected chi connectivity index (χ1v) is 6.06. The molecule has 0 spiro atoms. The maximum Gasteiger partial charge on any atom is 0.405 e. The lowest BCUT2D eigenvalue weighted by molar-refractivity contribution is -0.131. The van der Waals surface area contributed by atoms with Gasteiger partial charge in [-0.2, -0.15) is 13.2 Å². The van der Waals surface area contributed by atoms with Crippen LogP contribution in [0.1, 0.15) is 18.1 Å². The number of aliphatic carboxylic acids is 1. The molecule has 0 aliphatic rings. The van der Waals surface area contributed by atoms with Crippen LogP contribution in [0.2, 0.25) is 0 Å². The fourth-order valence-electron chi connectivity index (χ4n) is 1.84. The third-order valence-electron chi connectivity index (χ3n) is 2.68. The summed E-state index contributed by atoms with van der Waals surface area (Å²) in [5.41, 5.74) is 1.67. The molecule has 0 unspecified atom stereocenters. The molecule has 0 radical (unpaired) electrons. The molecule has 0 aliphatic carbocycles. The molecule has 0 heterocycles. The Labute approximate surface area is 115 Å². The van der Waals surface area contributed by atoms with Gasteiger partial charge in [-0.15, -0.1) is 0 Å². The van der Waals surface area contributed by atoms with Crippen molar-refractivity contribution in [3.05, 3.63) is 35.4 Å². The van der Waals surface area contributed by atoms with Crippen molar-refractivity contribution in [1.82, 2.24) is 0 Å². The molecule has 0 saturated carbocycles. The quantitative estimate of drug-likeness (QED) is 0.843. The van der Waals surface area contributed by atoms with Crippen molar-refractivity contribution in [1.29, 1.82) is 0 Å². The fraction of sp³-hybridized carbons (Fsp3) is 0.357. The molecule has 0 atom stereocenters. The van der Waals surface area contributed by atoms with Gasteiger partial charge in [-0.05, 0) is 37.6 Å². The Morgan fingerprint density at radius 2 is 2.05 bits per heavy atom. The molecular weight excluding hydrogens is 271 g/mol. The van der Waals surface area contributed by atoms with Crippen LogP contribution in [-0.2, 0) is 4.79 Å². The number of aryl methyl sites for hydroxylation is 1. The van der Waals surface area contributed by atoms with Crippen LogP contribution in [0.3, 0.4) is 0 Å². The highest BCUT2D eigenvalue weighted by molar-refractivity contribution is 5.87. The van der Waals surface area contributed by atoms with E-state index in [1.807, 2.05) is 0 Å². The van der Waals surface area contributed by atoms with Crippen LogP contribution in [0.15, 0.2) is 24.3 Å². The molecule has 110 valence electrons. The van der Waals surface area contributed by atoms with E-state index < -0.39 is 18.7 Å². The van der Waals surface area contributed by atoms with Gasteiger partial charge in [0.25, 0.3) is 0 Å². The second-order valence-corrected chi connectivity index (χ2v) is 4.36.